The summed E-state index contributed by atoms with van der Waals surface area (Å²) in [5.74, 6) is 2.97. The van der Waals surface area contributed by atoms with Gasteiger partial charge >= 0.3 is 6.16 Å². The van der Waals surface area contributed by atoms with E-state index in [2.05, 4.69) is 20.8 Å². The van der Waals surface area contributed by atoms with E-state index < -0.39 is 6.16 Å². The van der Waals surface area contributed by atoms with Gasteiger partial charge in [0.25, 0.3) is 0 Å². The largest absolute Gasteiger partial charge is 0.503 e. The second-order valence-electron chi connectivity index (χ2n) is 4.55. The van der Waals surface area contributed by atoms with Gasteiger partial charge in [0, 0.05) is 0 Å². The SMILES string of the molecule is CC1CCC(C(C)C)CC1.O=C(O)O. The van der Waals surface area contributed by atoms with Crippen LogP contribution >= 0.6 is 0 Å². The highest BCUT2D eigenvalue weighted by Crippen LogP contribution is 2.32. The molecule has 0 amide bonds. The van der Waals surface area contributed by atoms with Gasteiger partial charge in [0.05, 0.1) is 0 Å². The van der Waals surface area contributed by atoms with Crippen LogP contribution in [0.3, 0.4) is 0 Å². The Kier molecular flexibility index (Phi) is 6.34. The summed E-state index contributed by atoms with van der Waals surface area (Å²) in [6.07, 6.45) is 4.09. The minimum absolute atomic E-state index is 0.924. The molecule has 1 aliphatic carbocycles. The zero-order chi connectivity index (χ0) is 11.1. The highest BCUT2D eigenvalue weighted by atomic mass is 16.6. The van der Waals surface area contributed by atoms with Crippen LogP contribution in [0.1, 0.15) is 46.5 Å². The lowest BCUT2D eigenvalue weighted by atomic mass is 9.78. The van der Waals surface area contributed by atoms with E-state index in [1.54, 1.807) is 0 Å². The maximum absolute atomic E-state index is 8.56. The van der Waals surface area contributed by atoms with Gasteiger partial charge in [-0.2, -0.15) is 0 Å². The molecule has 0 radical (unpaired) electrons. The quantitative estimate of drug-likeness (QED) is 0.681. The molecule has 0 bridgehead atoms. The van der Waals surface area contributed by atoms with Crippen molar-refractivity contribution < 1.29 is 15.0 Å². The summed E-state index contributed by atoms with van der Waals surface area (Å²) in [4.78, 5) is 8.56. The lowest BCUT2D eigenvalue weighted by Crippen LogP contribution is -2.16. The van der Waals surface area contributed by atoms with E-state index in [1.165, 1.54) is 25.7 Å². The van der Waals surface area contributed by atoms with E-state index >= 15 is 0 Å². The van der Waals surface area contributed by atoms with Gasteiger partial charge in [-0.3, -0.25) is 0 Å². The number of hydrogen-bond acceptors (Lipinski definition) is 1. The van der Waals surface area contributed by atoms with Gasteiger partial charge < -0.3 is 10.2 Å². The van der Waals surface area contributed by atoms with Crippen LogP contribution in [0.2, 0.25) is 0 Å². The molecule has 0 aromatic rings. The Morgan fingerprint density at radius 1 is 1.14 bits per heavy atom. The Hall–Kier alpha value is -0.730. The summed E-state index contributed by atoms with van der Waals surface area (Å²) in [6, 6.07) is 0. The number of carbonyl (C=O) groups is 1. The fourth-order valence-electron chi connectivity index (χ4n) is 1.95. The Bertz CT molecular complexity index is 154. The molecule has 2 N–H and O–H groups in total. The van der Waals surface area contributed by atoms with Gasteiger partial charge in [0.1, 0.15) is 0 Å². The van der Waals surface area contributed by atoms with Crippen LogP contribution in [-0.4, -0.2) is 16.4 Å². The molecule has 3 heteroatoms. The number of carboxylic acid groups (broad SMARTS) is 2. The molecule has 14 heavy (non-hydrogen) atoms. The van der Waals surface area contributed by atoms with Crippen molar-refractivity contribution in [3.63, 3.8) is 0 Å². The lowest BCUT2D eigenvalue weighted by molar-refractivity contribution is 0.137. The molecular formula is C11H22O3. The van der Waals surface area contributed by atoms with Gasteiger partial charge in [-0.15, -0.1) is 0 Å². The predicted octanol–water partition coefficient (Wildman–Crippen LogP) is 3.69. The molecule has 0 atom stereocenters. The van der Waals surface area contributed by atoms with E-state index in [-0.39, 0.29) is 0 Å². The first-order valence-electron chi connectivity index (χ1n) is 5.35. The van der Waals surface area contributed by atoms with E-state index in [0.29, 0.717) is 0 Å². The summed E-state index contributed by atoms with van der Waals surface area (Å²) >= 11 is 0. The second-order valence-corrected chi connectivity index (χ2v) is 4.55. The Morgan fingerprint density at radius 3 is 1.79 bits per heavy atom. The second kappa shape index (κ2) is 6.68. The first-order chi connectivity index (χ1) is 6.43. The molecule has 1 rings (SSSR count). The average molecular weight is 202 g/mol. The molecule has 1 aliphatic rings. The monoisotopic (exact) mass is 202 g/mol. The van der Waals surface area contributed by atoms with Gasteiger partial charge in [-0.05, 0) is 30.6 Å². The highest BCUT2D eigenvalue weighted by molar-refractivity contribution is 5.53. The maximum Gasteiger partial charge on any atom is 0.503 e. The smallest absolute Gasteiger partial charge is 0.450 e. The van der Waals surface area contributed by atoms with Crippen molar-refractivity contribution in [3.05, 3.63) is 0 Å². The van der Waals surface area contributed by atoms with Crippen molar-refractivity contribution in [2.45, 2.75) is 46.5 Å². The Morgan fingerprint density at radius 2 is 1.50 bits per heavy atom. The zero-order valence-electron chi connectivity index (χ0n) is 9.36. The van der Waals surface area contributed by atoms with Crippen LogP contribution in [0.15, 0.2) is 0 Å². The first kappa shape index (κ1) is 13.3. The summed E-state index contributed by atoms with van der Waals surface area (Å²) in [7, 11) is 0. The van der Waals surface area contributed by atoms with E-state index in [0.717, 1.165) is 17.8 Å². The predicted molar refractivity (Wildman–Crippen MR) is 56.6 cm³/mol. The van der Waals surface area contributed by atoms with Gasteiger partial charge in [0.15, 0.2) is 0 Å². The fraction of sp³-hybridized carbons (Fsp3) is 0.909. The summed E-state index contributed by atoms with van der Waals surface area (Å²) < 4.78 is 0. The van der Waals surface area contributed by atoms with Crippen molar-refractivity contribution in [1.29, 1.82) is 0 Å². The molecule has 3 nitrogen and oxygen atoms in total. The fourth-order valence-corrected chi connectivity index (χ4v) is 1.95. The van der Waals surface area contributed by atoms with E-state index in [4.69, 9.17) is 15.0 Å². The Balaban J connectivity index is 0.000000364. The van der Waals surface area contributed by atoms with Crippen LogP contribution < -0.4 is 0 Å². The molecule has 0 aromatic heterocycles. The summed E-state index contributed by atoms with van der Waals surface area (Å²) in [5.41, 5.74) is 0. The van der Waals surface area contributed by atoms with Crippen molar-refractivity contribution in [3.8, 4) is 0 Å². The van der Waals surface area contributed by atoms with Crippen molar-refractivity contribution in [1.82, 2.24) is 0 Å². The zero-order valence-corrected chi connectivity index (χ0v) is 9.36. The minimum atomic E-state index is -1.83. The summed E-state index contributed by atoms with van der Waals surface area (Å²) in [5, 5.41) is 13.9. The molecule has 0 spiro atoms. The molecule has 0 saturated heterocycles. The van der Waals surface area contributed by atoms with Crippen LogP contribution in [0.5, 0.6) is 0 Å². The highest BCUT2D eigenvalue weighted by Gasteiger charge is 2.19. The topological polar surface area (TPSA) is 57.5 Å². The standard InChI is InChI=1S/C10H20.CH2O3/c1-8(2)10-6-4-9(3)5-7-10;2-1(3)4/h8-10H,4-7H2,1-3H3;(H2,2,3,4). The van der Waals surface area contributed by atoms with Crippen LogP contribution in [0, 0.1) is 17.8 Å². The van der Waals surface area contributed by atoms with Crippen molar-refractivity contribution in [2.75, 3.05) is 0 Å². The first-order valence-corrected chi connectivity index (χ1v) is 5.35. The van der Waals surface area contributed by atoms with Gasteiger partial charge in [0.2, 0.25) is 0 Å². The lowest BCUT2D eigenvalue weighted by Gasteiger charge is -2.28. The van der Waals surface area contributed by atoms with Crippen molar-refractivity contribution >= 4 is 6.16 Å². The molecule has 0 aliphatic heterocycles. The van der Waals surface area contributed by atoms with Crippen LogP contribution in [0.25, 0.3) is 0 Å². The third kappa shape index (κ3) is 6.75. The van der Waals surface area contributed by atoms with Crippen LogP contribution in [0.4, 0.5) is 4.79 Å². The Labute approximate surface area is 86.1 Å². The molecule has 0 aromatic carbocycles. The molecule has 0 heterocycles. The van der Waals surface area contributed by atoms with Gasteiger partial charge in [-0.1, -0.05) is 33.6 Å². The maximum atomic E-state index is 8.56. The van der Waals surface area contributed by atoms with E-state index in [9.17, 15) is 0 Å². The number of rotatable bonds is 1. The van der Waals surface area contributed by atoms with Crippen molar-refractivity contribution in [2.24, 2.45) is 17.8 Å². The third-order valence-electron chi connectivity index (χ3n) is 3.00. The molecule has 84 valence electrons. The molecule has 1 fully saturated rings. The molecule has 0 unspecified atom stereocenters. The molecule has 1 saturated carbocycles. The summed E-state index contributed by atoms with van der Waals surface area (Å²) in [6.45, 7) is 7.11. The molecular weight excluding hydrogens is 180 g/mol. The average Bonchev–Trinajstić information content (AvgIpc) is 2.03. The minimum Gasteiger partial charge on any atom is -0.450 e. The normalized spacial score (nSPS) is 26.6. The van der Waals surface area contributed by atoms with Crippen LogP contribution in [-0.2, 0) is 0 Å². The van der Waals surface area contributed by atoms with Gasteiger partial charge in [-0.25, -0.2) is 4.79 Å². The van der Waals surface area contributed by atoms with E-state index in [1.807, 2.05) is 0 Å². The third-order valence-corrected chi connectivity index (χ3v) is 3.00. The number of hydrogen-bond donors (Lipinski definition) is 2.